The van der Waals surface area contributed by atoms with Gasteiger partial charge in [0, 0.05) is 22.5 Å². The van der Waals surface area contributed by atoms with E-state index < -0.39 is 6.04 Å². The number of aromatic nitrogens is 2. The number of hydrogen-bond acceptors (Lipinski definition) is 6. The third-order valence-corrected chi connectivity index (χ3v) is 6.14. The van der Waals surface area contributed by atoms with Crippen LogP contribution in [0, 0.1) is 6.92 Å². The zero-order chi connectivity index (χ0) is 21.6. The molecule has 1 atom stereocenters. The number of carbonyl (C=O) groups is 2. The van der Waals surface area contributed by atoms with E-state index in [2.05, 4.69) is 14.9 Å². The Labute approximate surface area is 188 Å². The maximum atomic E-state index is 13.5. The maximum Gasteiger partial charge on any atom is 0.280 e. The lowest BCUT2D eigenvalue weighted by Crippen LogP contribution is -2.43. The monoisotopic (exact) mass is 448 g/mol. The van der Waals surface area contributed by atoms with E-state index in [1.54, 1.807) is 5.38 Å². The molecule has 0 unspecified atom stereocenters. The van der Waals surface area contributed by atoms with E-state index in [1.165, 1.54) is 16.2 Å². The van der Waals surface area contributed by atoms with Crippen molar-refractivity contribution in [3.05, 3.63) is 99.2 Å². The summed E-state index contributed by atoms with van der Waals surface area (Å²) in [6, 6.07) is 20.1. The molecule has 0 fully saturated rings. The summed E-state index contributed by atoms with van der Waals surface area (Å²) in [6.07, 6.45) is 0. The zero-order valence-corrected chi connectivity index (χ0v) is 18.4. The number of rotatable bonds is 7. The van der Waals surface area contributed by atoms with Gasteiger partial charge >= 0.3 is 0 Å². The lowest BCUT2D eigenvalue weighted by Gasteiger charge is -2.30. The highest BCUT2D eigenvalue weighted by Crippen LogP contribution is 2.32. The van der Waals surface area contributed by atoms with E-state index in [1.807, 2.05) is 79.0 Å². The number of nitrogens with zero attached hydrogens (tertiary/aromatic N) is 3. The standard InChI is InChI=1S/C23H20N4O2S2/c1-16-7-5-10-18(13-16)27(23(29)19-15-31-26-25-19)21(20-11-6-12-30-20)22(28)24-14-17-8-3-2-4-9-17/h2-13,15,21H,14H2,1H3,(H,24,28)/t21-/m1/s1. The Kier molecular flexibility index (Phi) is 6.49. The first kappa shape index (κ1) is 20.9. The van der Waals surface area contributed by atoms with Crippen LogP contribution in [0.25, 0.3) is 0 Å². The van der Waals surface area contributed by atoms with Crippen molar-refractivity contribution < 1.29 is 9.59 Å². The zero-order valence-electron chi connectivity index (χ0n) is 16.8. The first-order valence-corrected chi connectivity index (χ1v) is 11.4. The molecule has 4 aromatic rings. The van der Waals surface area contributed by atoms with E-state index in [0.717, 1.165) is 27.5 Å². The SMILES string of the molecule is Cc1cccc(N(C(=O)c2csnn2)[C@@H](C(=O)NCc2ccccc2)c2cccs2)c1. The molecule has 2 amide bonds. The molecule has 6 nitrogen and oxygen atoms in total. The number of amides is 2. The Hall–Kier alpha value is -3.36. The van der Waals surface area contributed by atoms with Gasteiger partial charge in [-0.15, -0.1) is 16.4 Å². The van der Waals surface area contributed by atoms with E-state index in [4.69, 9.17) is 0 Å². The van der Waals surface area contributed by atoms with Gasteiger partial charge in [0.05, 0.1) is 0 Å². The van der Waals surface area contributed by atoms with Gasteiger partial charge in [-0.2, -0.15) is 0 Å². The number of thiophene rings is 1. The van der Waals surface area contributed by atoms with Crippen LogP contribution in [0.1, 0.15) is 32.5 Å². The second kappa shape index (κ2) is 9.63. The fourth-order valence-electron chi connectivity index (χ4n) is 3.24. The Morgan fingerprint density at radius 3 is 2.58 bits per heavy atom. The normalized spacial score (nSPS) is 11.6. The van der Waals surface area contributed by atoms with Gasteiger partial charge < -0.3 is 5.32 Å². The van der Waals surface area contributed by atoms with Crippen LogP contribution in [0.3, 0.4) is 0 Å². The average molecular weight is 449 g/mol. The molecule has 0 aliphatic carbocycles. The van der Waals surface area contributed by atoms with Gasteiger partial charge in [0.25, 0.3) is 5.91 Å². The molecule has 0 aliphatic heterocycles. The fraction of sp³-hybridized carbons (Fsp3) is 0.130. The van der Waals surface area contributed by atoms with Crippen molar-refractivity contribution >= 4 is 40.4 Å². The van der Waals surface area contributed by atoms with Crippen LogP contribution in [-0.4, -0.2) is 21.4 Å². The molecule has 2 heterocycles. The molecule has 0 bridgehead atoms. The van der Waals surface area contributed by atoms with Crippen LogP contribution in [0.4, 0.5) is 5.69 Å². The Morgan fingerprint density at radius 1 is 1.06 bits per heavy atom. The number of nitrogens with one attached hydrogen (secondary N) is 1. The van der Waals surface area contributed by atoms with Crippen molar-refractivity contribution in [3.63, 3.8) is 0 Å². The highest BCUT2D eigenvalue weighted by atomic mass is 32.1. The minimum Gasteiger partial charge on any atom is -0.350 e. The largest absolute Gasteiger partial charge is 0.350 e. The van der Waals surface area contributed by atoms with Gasteiger partial charge in [-0.25, -0.2) is 0 Å². The topological polar surface area (TPSA) is 75.2 Å². The van der Waals surface area contributed by atoms with Crippen LogP contribution in [-0.2, 0) is 11.3 Å². The van der Waals surface area contributed by atoms with Gasteiger partial charge in [-0.1, -0.05) is 53.0 Å². The molecular weight excluding hydrogens is 428 g/mol. The van der Waals surface area contributed by atoms with Crippen LogP contribution < -0.4 is 10.2 Å². The summed E-state index contributed by atoms with van der Waals surface area (Å²) in [6.45, 7) is 2.32. The maximum absolute atomic E-state index is 13.5. The predicted octanol–water partition coefficient (Wildman–Crippen LogP) is 4.61. The van der Waals surface area contributed by atoms with Crippen LogP contribution >= 0.6 is 22.9 Å². The summed E-state index contributed by atoms with van der Waals surface area (Å²) in [5, 5.41) is 10.4. The van der Waals surface area contributed by atoms with E-state index in [9.17, 15) is 9.59 Å². The van der Waals surface area contributed by atoms with E-state index >= 15 is 0 Å². The third-order valence-electron chi connectivity index (χ3n) is 4.71. The van der Waals surface area contributed by atoms with Crippen molar-refractivity contribution in [3.8, 4) is 0 Å². The number of anilines is 1. The molecule has 0 spiro atoms. The van der Waals surface area contributed by atoms with Crippen molar-refractivity contribution in [2.75, 3.05) is 4.90 Å². The lowest BCUT2D eigenvalue weighted by atomic mass is 10.1. The van der Waals surface area contributed by atoms with Crippen molar-refractivity contribution in [1.82, 2.24) is 14.9 Å². The van der Waals surface area contributed by atoms with Crippen LogP contribution in [0.5, 0.6) is 0 Å². The number of benzene rings is 2. The quantitative estimate of drug-likeness (QED) is 0.448. The minimum absolute atomic E-state index is 0.212. The molecule has 156 valence electrons. The highest BCUT2D eigenvalue weighted by molar-refractivity contribution is 7.10. The number of hydrogen-bond donors (Lipinski definition) is 1. The van der Waals surface area contributed by atoms with Crippen molar-refractivity contribution in [2.45, 2.75) is 19.5 Å². The van der Waals surface area contributed by atoms with Crippen LogP contribution in [0.2, 0.25) is 0 Å². The molecule has 8 heteroatoms. The highest BCUT2D eigenvalue weighted by Gasteiger charge is 2.35. The Bertz CT molecular complexity index is 1150. The van der Waals surface area contributed by atoms with Gasteiger partial charge in [0.1, 0.15) is 0 Å². The molecule has 0 radical (unpaired) electrons. The summed E-state index contributed by atoms with van der Waals surface area (Å²) in [7, 11) is 0. The average Bonchev–Trinajstić information content (AvgIpc) is 3.50. The lowest BCUT2D eigenvalue weighted by molar-refractivity contribution is -0.122. The second-order valence-electron chi connectivity index (χ2n) is 6.93. The van der Waals surface area contributed by atoms with Gasteiger partial charge in [0.15, 0.2) is 11.7 Å². The number of aryl methyl sites for hydroxylation is 1. The van der Waals surface area contributed by atoms with Crippen molar-refractivity contribution in [1.29, 1.82) is 0 Å². The van der Waals surface area contributed by atoms with E-state index in [-0.39, 0.29) is 17.5 Å². The molecular formula is C23H20N4O2S2. The van der Waals surface area contributed by atoms with Gasteiger partial charge in [-0.05, 0) is 53.2 Å². The summed E-state index contributed by atoms with van der Waals surface area (Å²) in [5.41, 5.74) is 2.81. The summed E-state index contributed by atoms with van der Waals surface area (Å²) < 4.78 is 3.83. The molecule has 4 rings (SSSR count). The third kappa shape index (κ3) is 4.87. The summed E-state index contributed by atoms with van der Waals surface area (Å²) >= 11 is 2.54. The van der Waals surface area contributed by atoms with Gasteiger partial charge in [-0.3, -0.25) is 14.5 Å². The predicted molar refractivity (Wildman–Crippen MR) is 123 cm³/mol. The first-order chi connectivity index (χ1) is 15.1. The summed E-state index contributed by atoms with van der Waals surface area (Å²) in [4.78, 5) is 29.2. The van der Waals surface area contributed by atoms with Gasteiger partial charge in [0.2, 0.25) is 5.91 Å². The number of carbonyl (C=O) groups excluding carboxylic acids is 2. The fourth-order valence-corrected chi connectivity index (χ4v) is 4.49. The molecule has 0 saturated carbocycles. The molecule has 2 aromatic heterocycles. The summed E-state index contributed by atoms with van der Waals surface area (Å²) in [5.74, 6) is -0.628. The molecule has 31 heavy (non-hydrogen) atoms. The molecule has 1 N–H and O–H groups in total. The molecule has 2 aromatic carbocycles. The minimum atomic E-state index is -0.834. The Morgan fingerprint density at radius 2 is 1.90 bits per heavy atom. The molecule has 0 aliphatic rings. The smallest absolute Gasteiger partial charge is 0.280 e. The second-order valence-corrected chi connectivity index (χ2v) is 8.51. The molecule has 0 saturated heterocycles. The Balaban J connectivity index is 1.73. The van der Waals surface area contributed by atoms with Crippen LogP contribution in [0.15, 0.2) is 77.5 Å². The van der Waals surface area contributed by atoms with E-state index in [0.29, 0.717) is 12.2 Å². The first-order valence-electron chi connectivity index (χ1n) is 9.66. The van der Waals surface area contributed by atoms with Crippen molar-refractivity contribution in [2.24, 2.45) is 0 Å².